The predicted molar refractivity (Wildman–Crippen MR) is 70.1 cm³/mol. The number of carbonyl (C=O) groups excluding carboxylic acids is 1. The Morgan fingerprint density at radius 1 is 1.32 bits per heavy atom. The van der Waals surface area contributed by atoms with Crippen LogP contribution >= 0.6 is 11.8 Å². The topological polar surface area (TPSA) is 54.4 Å². The minimum Gasteiger partial charge on any atom is -0.478 e. The zero-order chi connectivity index (χ0) is 14.4. The Bertz CT molecular complexity index is 527. The lowest BCUT2D eigenvalue weighted by Crippen LogP contribution is -2.02. The van der Waals surface area contributed by atoms with Gasteiger partial charge in [-0.1, -0.05) is 23.9 Å². The Morgan fingerprint density at radius 2 is 1.95 bits per heavy atom. The molecule has 1 aromatic carbocycles. The summed E-state index contributed by atoms with van der Waals surface area (Å²) in [5.74, 6) is -3.06. The van der Waals surface area contributed by atoms with Crippen LogP contribution in [-0.2, 0) is 4.79 Å². The van der Waals surface area contributed by atoms with Gasteiger partial charge in [0.2, 0.25) is 0 Å². The minimum atomic E-state index is -1.32. The normalized spacial score (nSPS) is 10.9. The number of halogens is 2. The molecule has 6 heteroatoms. The van der Waals surface area contributed by atoms with Gasteiger partial charge in [0.05, 0.1) is 5.56 Å². The number of allylic oxidation sites excluding steroid dienone is 1. The minimum absolute atomic E-state index is 0.00699. The third-order valence-corrected chi connectivity index (χ3v) is 3.06. The van der Waals surface area contributed by atoms with Crippen molar-refractivity contribution in [2.45, 2.75) is 13.3 Å². The summed E-state index contributed by atoms with van der Waals surface area (Å²) < 4.78 is 26.0. The van der Waals surface area contributed by atoms with Gasteiger partial charge in [-0.3, -0.25) is 4.79 Å². The van der Waals surface area contributed by atoms with Crippen LogP contribution in [0.5, 0.6) is 0 Å². The molecule has 3 nitrogen and oxygen atoms in total. The van der Waals surface area contributed by atoms with Gasteiger partial charge in [0.15, 0.2) is 16.7 Å². The van der Waals surface area contributed by atoms with Gasteiger partial charge in [0.1, 0.15) is 0 Å². The zero-order valence-corrected chi connectivity index (χ0v) is 11.0. The number of thioether (sulfide) groups is 1. The number of rotatable bonds is 5. The maximum atomic E-state index is 13.1. The fourth-order valence-corrected chi connectivity index (χ4v) is 1.91. The number of aromatic carboxylic acids is 1. The zero-order valence-electron chi connectivity index (χ0n) is 10.2. The third-order valence-electron chi connectivity index (χ3n) is 2.21. The molecule has 0 saturated carbocycles. The molecule has 19 heavy (non-hydrogen) atoms. The van der Waals surface area contributed by atoms with E-state index < -0.39 is 17.6 Å². The largest absolute Gasteiger partial charge is 0.478 e. The highest BCUT2D eigenvalue weighted by atomic mass is 32.2. The summed E-state index contributed by atoms with van der Waals surface area (Å²) in [6.07, 6.45) is 3.56. The summed E-state index contributed by atoms with van der Waals surface area (Å²) in [7, 11) is 0. The van der Waals surface area contributed by atoms with Gasteiger partial charge in [-0.15, -0.1) is 0 Å². The second-order valence-electron chi connectivity index (χ2n) is 3.69. The van der Waals surface area contributed by atoms with E-state index in [9.17, 15) is 18.4 Å². The molecule has 0 heterocycles. The summed E-state index contributed by atoms with van der Waals surface area (Å²) in [6, 6.07) is 1.50. The van der Waals surface area contributed by atoms with Gasteiger partial charge in [-0.2, -0.15) is 0 Å². The molecule has 0 unspecified atom stereocenters. The molecule has 0 bridgehead atoms. The number of hydrogen-bond acceptors (Lipinski definition) is 3. The Balaban J connectivity index is 2.82. The first-order valence-corrected chi connectivity index (χ1v) is 6.42. The van der Waals surface area contributed by atoms with Gasteiger partial charge >= 0.3 is 5.97 Å². The SMILES string of the molecule is CC(=O)SCCC=Cc1cc(F)c(F)cc1C(=O)O. The summed E-state index contributed by atoms with van der Waals surface area (Å²) >= 11 is 1.14. The molecule has 1 aromatic rings. The number of benzene rings is 1. The van der Waals surface area contributed by atoms with Gasteiger partial charge in [0.25, 0.3) is 0 Å². The van der Waals surface area contributed by atoms with E-state index in [1.165, 1.54) is 13.0 Å². The molecule has 0 spiro atoms. The van der Waals surface area contributed by atoms with Crippen molar-refractivity contribution in [3.8, 4) is 0 Å². The van der Waals surface area contributed by atoms with Gasteiger partial charge in [-0.05, 0) is 24.1 Å². The van der Waals surface area contributed by atoms with Crippen molar-refractivity contribution in [1.82, 2.24) is 0 Å². The van der Waals surface area contributed by atoms with Crippen LogP contribution in [0.25, 0.3) is 6.08 Å². The van der Waals surface area contributed by atoms with Crippen LogP contribution in [0.4, 0.5) is 8.78 Å². The second kappa shape index (κ2) is 7.04. The van der Waals surface area contributed by atoms with Crippen molar-refractivity contribution in [1.29, 1.82) is 0 Å². The quantitative estimate of drug-likeness (QED) is 0.843. The van der Waals surface area contributed by atoms with Crippen molar-refractivity contribution in [2.75, 3.05) is 5.75 Å². The Labute approximate surface area is 113 Å². The highest BCUT2D eigenvalue weighted by Crippen LogP contribution is 2.17. The van der Waals surface area contributed by atoms with Crippen molar-refractivity contribution in [3.63, 3.8) is 0 Å². The van der Waals surface area contributed by atoms with Crippen LogP contribution in [0.15, 0.2) is 18.2 Å². The number of carboxylic acids is 1. The number of carboxylic acid groups (broad SMARTS) is 1. The Morgan fingerprint density at radius 3 is 2.53 bits per heavy atom. The molecule has 1 N–H and O–H groups in total. The van der Waals surface area contributed by atoms with Crippen molar-refractivity contribution in [2.24, 2.45) is 0 Å². The molecule has 0 atom stereocenters. The standard InChI is InChI=1S/C13H12F2O3S/c1-8(16)19-5-3-2-4-9-6-11(14)12(15)7-10(9)13(17)18/h2,4,6-7H,3,5H2,1H3,(H,17,18). The molecule has 0 fully saturated rings. The van der Waals surface area contributed by atoms with Crippen LogP contribution in [0.1, 0.15) is 29.3 Å². The Kier molecular flexibility index (Phi) is 5.69. The van der Waals surface area contributed by atoms with E-state index in [1.807, 2.05) is 0 Å². The third kappa shape index (κ3) is 4.82. The van der Waals surface area contributed by atoms with E-state index in [0.29, 0.717) is 18.2 Å². The van der Waals surface area contributed by atoms with Crippen molar-refractivity contribution < 1.29 is 23.5 Å². The molecular weight excluding hydrogens is 274 g/mol. The van der Waals surface area contributed by atoms with Crippen molar-refractivity contribution >= 4 is 28.9 Å². The highest BCUT2D eigenvalue weighted by Gasteiger charge is 2.13. The summed E-state index contributed by atoms with van der Waals surface area (Å²) in [6.45, 7) is 1.45. The molecule has 0 aliphatic heterocycles. The predicted octanol–water partition coefficient (Wildman–Crippen LogP) is 3.35. The lowest BCUT2D eigenvalue weighted by Gasteiger charge is -2.02. The molecule has 0 aliphatic carbocycles. The highest BCUT2D eigenvalue weighted by molar-refractivity contribution is 8.13. The Hall–Kier alpha value is -1.69. The number of hydrogen-bond donors (Lipinski definition) is 1. The average Bonchev–Trinajstić information content (AvgIpc) is 2.32. The van der Waals surface area contributed by atoms with Gasteiger partial charge in [0, 0.05) is 12.7 Å². The van der Waals surface area contributed by atoms with E-state index in [0.717, 1.165) is 17.8 Å². The van der Waals surface area contributed by atoms with E-state index >= 15 is 0 Å². The first-order valence-electron chi connectivity index (χ1n) is 5.44. The molecule has 1 rings (SSSR count). The van der Waals surface area contributed by atoms with Gasteiger partial charge in [-0.25, -0.2) is 13.6 Å². The van der Waals surface area contributed by atoms with Crippen LogP contribution in [0.3, 0.4) is 0 Å². The summed E-state index contributed by atoms with van der Waals surface area (Å²) in [5, 5.41) is 8.88. The van der Waals surface area contributed by atoms with E-state index in [1.54, 1.807) is 6.08 Å². The van der Waals surface area contributed by atoms with Crippen LogP contribution in [0.2, 0.25) is 0 Å². The van der Waals surface area contributed by atoms with E-state index in [-0.39, 0.29) is 16.2 Å². The summed E-state index contributed by atoms with van der Waals surface area (Å²) in [4.78, 5) is 21.6. The van der Waals surface area contributed by atoms with Crippen LogP contribution < -0.4 is 0 Å². The number of carbonyl (C=O) groups is 2. The molecular formula is C13H12F2O3S. The smallest absolute Gasteiger partial charge is 0.336 e. The lowest BCUT2D eigenvalue weighted by atomic mass is 10.1. The van der Waals surface area contributed by atoms with E-state index in [2.05, 4.69) is 0 Å². The van der Waals surface area contributed by atoms with Gasteiger partial charge < -0.3 is 5.11 Å². The van der Waals surface area contributed by atoms with Crippen LogP contribution in [0, 0.1) is 11.6 Å². The fourth-order valence-electron chi connectivity index (χ4n) is 1.37. The maximum absolute atomic E-state index is 13.1. The van der Waals surface area contributed by atoms with E-state index in [4.69, 9.17) is 5.11 Å². The lowest BCUT2D eigenvalue weighted by molar-refractivity contribution is -0.109. The average molecular weight is 286 g/mol. The maximum Gasteiger partial charge on any atom is 0.336 e. The molecule has 0 radical (unpaired) electrons. The molecule has 0 aromatic heterocycles. The molecule has 0 aliphatic rings. The monoisotopic (exact) mass is 286 g/mol. The molecule has 102 valence electrons. The van der Waals surface area contributed by atoms with Crippen molar-refractivity contribution in [3.05, 3.63) is 41.0 Å². The van der Waals surface area contributed by atoms with Crippen LogP contribution in [-0.4, -0.2) is 21.9 Å². The molecule has 0 saturated heterocycles. The first kappa shape index (κ1) is 15.4. The fraction of sp³-hybridized carbons (Fsp3) is 0.231. The molecule has 0 amide bonds. The summed E-state index contributed by atoms with van der Waals surface area (Å²) in [5.41, 5.74) is -0.200. The second-order valence-corrected chi connectivity index (χ2v) is 4.96. The first-order chi connectivity index (χ1) is 8.91.